The first-order valence-corrected chi connectivity index (χ1v) is 9.04. The Labute approximate surface area is 149 Å². The molecule has 1 heterocycles. The number of halogens is 3. The van der Waals surface area contributed by atoms with E-state index in [0.29, 0.717) is 0 Å². The first-order valence-electron chi connectivity index (χ1n) is 9.04. The number of hydrogen-bond acceptors (Lipinski definition) is 2. The Morgan fingerprint density at radius 2 is 1.85 bits per heavy atom. The number of aromatic nitrogens is 2. The van der Waals surface area contributed by atoms with Crippen molar-refractivity contribution in [1.82, 2.24) is 9.55 Å². The van der Waals surface area contributed by atoms with Gasteiger partial charge in [-0.1, -0.05) is 13.8 Å². The van der Waals surface area contributed by atoms with Crippen molar-refractivity contribution < 1.29 is 18.0 Å². The van der Waals surface area contributed by atoms with E-state index in [1.165, 1.54) is 0 Å². The molecule has 4 rings (SSSR count). The molecular weight excluding hydrogens is 343 g/mol. The van der Waals surface area contributed by atoms with Crippen LogP contribution in [0.2, 0.25) is 0 Å². The Hall–Kier alpha value is -2.05. The molecule has 0 saturated heterocycles. The Morgan fingerprint density at radius 1 is 1.19 bits per heavy atom. The lowest BCUT2D eigenvalue weighted by atomic mass is 9.78. The number of nitrogens with one attached hydrogen (secondary N) is 1. The van der Waals surface area contributed by atoms with Gasteiger partial charge in [-0.15, -0.1) is 0 Å². The van der Waals surface area contributed by atoms with Gasteiger partial charge < -0.3 is 4.57 Å². The van der Waals surface area contributed by atoms with Crippen LogP contribution in [0.3, 0.4) is 0 Å². The normalized spacial score (nSPS) is 21.3. The zero-order valence-corrected chi connectivity index (χ0v) is 15.1. The number of carbonyl (C=O) groups is 1. The number of amides is 1. The summed E-state index contributed by atoms with van der Waals surface area (Å²) in [6, 6.07) is 0.882. The SMILES string of the molecule is CC(C(=O)Nc1nc2cc(F)c(F)c(F)c2n1C1(C)CCC1)C1(C)CC1. The molecule has 1 aromatic carbocycles. The highest BCUT2D eigenvalue weighted by molar-refractivity contribution is 5.94. The maximum atomic E-state index is 14.5. The molecule has 7 heteroatoms. The van der Waals surface area contributed by atoms with Crippen molar-refractivity contribution in [2.45, 2.75) is 58.4 Å². The highest BCUT2D eigenvalue weighted by Gasteiger charge is 2.46. The van der Waals surface area contributed by atoms with Crippen molar-refractivity contribution in [3.8, 4) is 0 Å². The van der Waals surface area contributed by atoms with Crippen LogP contribution < -0.4 is 5.32 Å². The van der Waals surface area contributed by atoms with Crippen molar-refractivity contribution >= 4 is 22.9 Å². The van der Waals surface area contributed by atoms with E-state index in [9.17, 15) is 18.0 Å². The highest BCUT2D eigenvalue weighted by atomic mass is 19.2. The number of hydrogen-bond donors (Lipinski definition) is 1. The van der Waals surface area contributed by atoms with Gasteiger partial charge in [0.25, 0.3) is 0 Å². The number of imidazole rings is 1. The predicted molar refractivity (Wildman–Crippen MR) is 92.2 cm³/mol. The number of fused-ring (bicyclic) bond motifs is 1. The topological polar surface area (TPSA) is 46.9 Å². The molecule has 0 radical (unpaired) electrons. The summed E-state index contributed by atoms with van der Waals surface area (Å²) in [6.07, 6.45) is 4.44. The molecule has 1 N–H and O–H groups in total. The third kappa shape index (κ3) is 2.43. The van der Waals surface area contributed by atoms with Crippen molar-refractivity contribution in [1.29, 1.82) is 0 Å². The van der Waals surface area contributed by atoms with E-state index in [1.54, 1.807) is 4.57 Å². The molecule has 4 nitrogen and oxygen atoms in total. The fourth-order valence-corrected chi connectivity index (χ4v) is 3.83. The first kappa shape index (κ1) is 17.4. The van der Waals surface area contributed by atoms with Gasteiger partial charge >= 0.3 is 0 Å². The van der Waals surface area contributed by atoms with E-state index in [0.717, 1.165) is 38.2 Å². The minimum absolute atomic E-state index is 0.00936. The Kier molecular flexibility index (Phi) is 3.66. The molecule has 1 aromatic heterocycles. The second-order valence-corrected chi connectivity index (χ2v) is 8.34. The van der Waals surface area contributed by atoms with Crippen LogP contribution in [0.4, 0.5) is 19.1 Å². The molecule has 1 atom stereocenters. The largest absolute Gasteiger partial charge is 0.301 e. The minimum atomic E-state index is -1.52. The lowest BCUT2D eigenvalue weighted by molar-refractivity contribution is -0.121. The van der Waals surface area contributed by atoms with Crippen LogP contribution in [0.1, 0.15) is 52.9 Å². The number of benzene rings is 1. The summed E-state index contributed by atoms with van der Waals surface area (Å²) in [5.41, 5.74) is -0.582. The lowest BCUT2D eigenvalue weighted by Crippen LogP contribution is -2.39. The van der Waals surface area contributed by atoms with Crippen LogP contribution >= 0.6 is 0 Å². The molecule has 0 spiro atoms. The quantitative estimate of drug-likeness (QED) is 0.797. The van der Waals surface area contributed by atoms with E-state index < -0.39 is 23.0 Å². The van der Waals surface area contributed by atoms with Gasteiger partial charge in [0.15, 0.2) is 17.5 Å². The maximum absolute atomic E-state index is 14.5. The van der Waals surface area contributed by atoms with Crippen LogP contribution in [0.15, 0.2) is 6.07 Å². The molecule has 2 aliphatic carbocycles. The summed E-state index contributed by atoms with van der Waals surface area (Å²) in [5.74, 6) is -4.32. The summed E-state index contributed by atoms with van der Waals surface area (Å²) in [6.45, 7) is 5.83. The van der Waals surface area contributed by atoms with Crippen LogP contribution in [-0.4, -0.2) is 15.5 Å². The van der Waals surface area contributed by atoms with E-state index >= 15 is 0 Å². The van der Waals surface area contributed by atoms with Gasteiger partial charge in [0, 0.05) is 17.5 Å². The molecule has 1 unspecified atom stereocenters. The molecule has 2 fully saturated rings. The van der Waals surface area contributed by atoms with Crippen LogP contribution in [0.25, 0.3) is 11.0 Å². The molecule has 26 heavy (non-hydrogen) atoms. The third-order valence-corrected chi connectivity index (χ3v) is 6.46. The second-order valence-electron chi connectivity index (χ2n) is 8.34. The smallest absolute Gasteiger partial charge is 0.230 e. The van der Waals surface area contributed by atoms with Crippen molar-refractivity contribution in [3.05, 3.63) is 23.5 Å². The first-order chi connectivity index (χ1) is 12.2. The standard InChI is InChI=1S/C19H22F3N3O/c1-10(18(2)7-8-18)16(26)24-17-23-12-9-11(20)13(21)14(22)15(12)25(17)19(3)5-4-6-19/h9-10H,4-8H2,1-3H3,(H,23,24,26). The van der Waals surface area contributed by atoms with Gasteiger partial charge in [0.05, 0.1) is 5.52 Å². The minimum Gasteiger partial charge on any atom is -0.301 e. The molecule has 2 aliphatic rings. The summed E-state index contributed by atoms with van der Waals surface area (Å²) < 4.78 is 43.6. The van der Waals surface area contributed by atoms with E-state index in [2.05, 4.69) is 17.2 Å². The highest BCUT2D eigenvalue weighted by Crippen LogP contribution is 2.52. The van der Waals surface area contributed by atoms with Gasteiger partial charge in [0.1, 0.15) is 5.52 Å². The lowest BCUT2D eigenvalue weighted by Gasteiger charge is -2.41. The average Bonchev–Trinajstić information content (AvgIpc) is 3.21. The summed E-state index contributed by atoms with van der Waals surface area (Å²) in [4.78, 5) is 16.9. The van der Waals surface area contributed by atoms with Crippen LogP contribution in [0.5, 0.6) is 0 Å². The molecule has 0 bridgehead atoms. The Balaban J connectivity index is 1.82. The molecule has 0 aliphatic heterocycles. The van der Waals surface area contributed by atoms with E-state index in [4.69, 9.17) is 0 Å². The van der Waals surface area contributed by atoms with E-state index in [1.807, 2.05) is 13.8 Å². The summed E-state index contributed by atoms with van der Waals surface area (Å²) in [5, 5.41) is 2.79. The monoisotopic (exact) mass is 365 g/mol. The van der Waals surface area contributed by atoms with Crippen molar-refractivity contribution in [3.63, 3.8) is 0 Å². The number of nitrogens with zero attached hydrogens (tertiary/aromatic N) is 2. The van der Waals surface area contributed by atoms with Crippen molar-refractivity contribution in [2.24, 2.45) is 11.3 Å². The van der Waals surface area contributed by atoms with Gasteiger partial charge in [0.2, 0.25) is 11.9 Å². The molecule has 2 aromatic rings. The summed E-state index contributed by atoms with van der Waals surface area (Å²) in [7, 11) is 0. The fraction of sp³-hybridized carbons (Fsp3) is 0.579. The molecule has 2 saturated carbocycles. The number of carbonyl (C=O) groups excluding carboxylic acids is 1. The van der Waals surface area contributed by atoms with Gasteiger partial charge in [-0.25, -0.2) is 18.2 Å². The number of rotatable bonds is 4. The van der Waals surface area contributed by atoms with Crippen LogP contribution in [-0.2, 0) is 10.3 Å². The van der Waals surface area contributed by atoms with Crippen molar-refractivity contribution in [2.75, 3.05) is 5.32 Å². The van der Waals surface area contributed by atoms with Crippen LogP contribution in [0, 0.1) is 28.8 Å². The zero-order valence-electron chi connectivity index (χ0n) is 15.1. The fourth-order valence-electron chi connectivity index (χ4n) is 3.83. The Bertz CT molecular complexity index is 913. The predicted octanol–water partition coefficient (Wildman–Crippen LogP) is 4.73. The van der Waals surface area contributed by atoms with Gasteiger partial charge in [-0.3, -0.25) is 10.1 Å². The maximum Gasteiger partial charge on any atom is 0.230 e. The van der Waals surface area contributed by atoms with Gasteiger partial charge in [-0.2, -0.15) is 0 Å². The summed E-state index contributed by atoms with van der Waals surface area (Å²) >= 11 is 0. The second kappa shape index (κ2) is 5.47. The third-order valence-electron chi connectivity index (χ3n) is 6.46. The molecule has 140 valence electrons. The number of anilines is 1. The molecule has 1 amide bonds. The average molecular weight is 365 g/mol. The zero-order chi connectivity index (χ0) is 18.9. The Morgan fingerprint density at radius 3 is 2.38 bits per heavy atom. The molecular formula is C19H22F3N3O. The van der Waals surface area contributed by atoms with Gasteiger partial charge in [-0.05, 0) is 44.4 Å². The van der Waals surface area contributed by atoms with E-state index in [-0.39, 0.29) is 34.2 Å².